The van der Waals surface area contributed by atoms with Gasteiger partial charge in [-0.2, -0.15) is 0 Å². The Labute approximate surface area is 232 Å². The van der Waals surface area contributed by atoms with E-state index in [9.17, 15) is 33.6 Å². The Hall–Kier alpha value is -3.23. The largest absolute Gasteiger partial charge is 0.369 e. The number of Topliss-reactive ketones (excluding diaryl/α,β-unsaturated/α-hetero) is 4. The van der Waals surface area contributed by atoms with Gasteiger partial charge >= 0.3 is 0 Å². The Kier molecular flexibility index (Phi) is 19.0. The van der Waals surface area contributed by atoms with E-state index in [0.29, 0.717) is 19.4 Å². The third-order valence-corrected chi connectivity index (χ3v) is 5.04. The number of carbonyl (C=O) groups excluding carboxylic acids is 7. The van der Waals surface area contributed by atoms with Crippen molar-refractivity contribution >= 4 is 40.9 Å². The number of carbonyl (C=O) groups is 7. The third-order valence-electron chi connectivity index (χ3n) is 5.04. The predicted octanol–water partition coefficient (Wildman–Crippen LogP) is -6.52. The average molecular weight is 574 g/mol. The summed E-state index contributed by atoms with van der Waals surface area (Å²) in [6, 6.07) is -2.02. The van der Waals surface area contributed by atoms with Gasteiger partial charge in [-0.05, 0) is 31.7 Å². The summed E-state index contributed by atoms with van der Waals surface area (Å²) in [7, 11) is 0. The third kappa shape index (κ3) is 18.1. The molecule has 40 heavy (non-hydrogen) atoms. The molecule has 18 nitrogen and oxygen atoms in total. The number of nitrogens with one attached hydrogen (secondary N) is 7. The van der Waals surface area contributed by atoms with Crippen molar-refractivity contribution in [2.45, 2.75) is 51.5 Å². The molecule has 0 fully saturated rings. The molecule has 228 valence electrons. The molecule has 18 heteroatoms. The zero-order chi connectivity index (χ0) is 30.7. The quantitative estimate of drug-likeness (QED) is 0.0221. The lowest BCUT2D eigenvalue weighted by Crippen LogP contribution is -2.52. The molecule has 0 unspecified atom stereocenters. The topological polar surface area (TPSA) is 308 Å². The van der Waals surface area contributed by atoms with E-state index in [1.54, 1.807) is 0 Å². The molecule has 0 radical (unpaired) electrons. The van der Waals surface area contributed by atoms with E-state index < -0.39 is 72.3 Å². The minimum atomic E-state index is -1.11. The van der Waals surface area contributed by atoms with Gasteiger partial charge in [0.2, 0.25) is 40.9 Å². The van der Waals surface area contributed by atoms with Gasteiger partial charge in [0.1, 0.15) is 6.29 Å². The lowest BCUT2D eigenvalue weighted by molar-refractivity contribution is -0.139. The Morgan fingerprint density at radius 2 is 1.27 bits per heavy atom. The SMILES string of the molecule is CC(C)C[C@H](NC(=O)[C@@H](N)CCCNC(N)N)C(=O)C(=O)CNC(=O)CNNCC(=O)C(=O)CNNCC(N)=O. The number of amides is 3. The van der Waals surface area contributed by atoms with Crippen LogP contribution in [0.4, 0.5) is 0 Å². The zero-order valence-electron chi connectivity index (χ0n) is 22.8. The van der Waals surface area contributed by atoms with Crippen LogP contribution in [0.25, 0.3) is 0 Å². The van der Waals surface area contributed by atoms with E-state index in [-0.39, 0.29) is 32.0 Å². The summed E-state index contributed by atoms with van der Waals surface area (Å²) in [5.41, 5.74) is 31.0. The van der Waals surface area contributed by atoms with E-state index in [4.69, 9.17) is 22.9 Å². The van der Waals surface area contributed by atoms with Crippen molar-refractivity contribution in [1.29, 1.82) is 0 Å². The monoisotopic (exact) mass is 573 g/mol. The lowest BCUT2D eigenvalue weighted by Gasteiger charge is -2.21. The van der Waals surface area contributed by atoms with Crippen molar-refractivity contribution in [3.05, 3.63) is 0 Å². The van der Waals surface area contributed by atoms with Crippen molar-refractivity contribution in [2.75, 3.05) is 39.3 Å². The summed E-state index contributed by atoms with van der Waals surface area (Å²) in [6.07, 6.45) is 0.303. The highest BCUT2D eigenvalue weighted by Gasteiger charge is 2.29. The van der Waals surface area contributed by atoms with E-state index in [1.165, 1.54) is 0 Å². The van der Waals surface area contributed by atoms with Crippen LogP contribution in [-0.2, 0) is 33.6 Å². The smallest absolute Gasteiger partial charge is 0.237 e. The molecule has 2 atom stereocenters. The van der Waals surface area contributed by atoms with Gasteiger partial charge in [0.25, 0.3) is 0 Å². The molecule has 0 bridgehead atoms. The molecule has 0 rings (SSSR count). The number of ketones is 4. The second kappa shape index (κ2) is 20.6. The van der Waals surface area contributed by atoms with Crippen LogP contribution in [0, 0.1) is 5.92 Å². The fourth-order valence-corrected chi connectivity index (χ4v) is 3.00. The van der Waals surface area contributed by atoms with Crippen LogP contribution in [0.1, 0.15) is 33.1 Å². The predicted molar refractivity (Wildman–Crippen MR) is 143 cm³/mol. The maximum Gasteiger partial charge on any atom is 0.237 e. The molecule has 0 saturated heterocycles. The van der Waals surface area contributed by atoms with Crippen molar-refractivity contribution in [3.63, 3.8) is 0 Å². The van der Waals surface area contributed by atoms with E-state index in [0.717, 1.165) is 0 Å². The maximum absolute atomic E-state index is 12.7. The van der Waals surface area contributed by atoms with Gasteiger partial charge in [-0.25, -0.2) is 21.7 Å². The minimum absolute atomic E-state index is 0.0323. The van der Waals surface area contributed by atoms with Gasteiger partial charge in [0, 0.05) is 0 Å². The average Bonchev–Trinajstić information content (AvgIpc) is 2.88. The van der Waals surface area contributed by atoms with Gasteiger partial charge in [0.15, 0.2) is 0 Å². The van der Waals surface area contributed by atoms with Crippen LogP contribution < -0.4 is 60.6 Å². The molecule has 0 heterocycles. The highest BCUT2D eigenvalue weighted by Crippen LogP contribution is 2.07. The van der Waals surface area contributed by atoms with Gasteiger partial charge in [-0.1, -0.05) is 13.8 Å². The molecule has 3 amide bonds. The van der Waals surface area contributed by atoms with Gasteiger partial charge in [-0.15, -0.1) is 0 Å². The first-order valence-electron chi connectivity index (χ1n) is 12.6. The lowest BCUT2D eigenvalue weighted by atomic mass is 9.97. The number of hydrogen-bond acceptors (Lipinski definition) is 15. The number of nitrogens with two attached hydrogens (primary N) is 4. The zero-order valence-corrected chi connectivity index (χ0v) is 22.8. The highest BCUT2D eigenvalue weighted by molar-refractivity contribution is 6.40. The fraction of sp³-hybridized carbons (Fsp3) is 0.682. The molecular formula is C22H43N11O7. The molecule has 15 N–H and O–H groups in total. The number of hydrazine groups is 2. The molecular weight excluding hydrogens is 530 g/mol. The maximum atomic E-state index is 12.7. The summed E-state index contributed by atoms with van der Waals surface area (Å²) >= 11 is 0. The van der Waals surface area contributed by atoms with Crippen LogP contribution in [-0.4, -0.2) is 98.5 Å². The molecule has 0 aromatic carbocycles. The van der Waals surface area contributed by atoms with Crippen LogP contribution in [0.3, 0.4) is 0 Å². The second-order valence-corrected chi connectivity index (χ2v) is 9.21. The first-order valence-corrected chi connectivity index (χ1v) is 12.6. The number of rotatable bonds is 24. The van der Waals surface area contributed by atoms with Crippen molar-refractivity contribution in [1.82, 2.24) is 37.7 Å². The van der Waals surface area contributed by atoms with E-state index >= 15 is 0 Å². The molecule has 0 aliphatic rings. The van der Waals surface area contributed by atoms with Crippen LogP contribution >= 0.6 is 0 Å². The second-order valence-electron chi connectivity index (χ2n) is 9.21. The summed E-state index contributed by atoms with van der Waals surface area (Å²) in [4.78, 5) is 83.4. The summed E-state index contributed by atoms with van der Waals surface area (Å²) in [6.45, 7) is 2.04. The standard InChI is InChI=1S/C22H43N11O7/c1-12(2)6-14(33-21(40)13(23)4-3-5-27-22(25)26)20(39)17(36)7-28-19(38)11-32-30-9-16(35)15(34)8-29-31-10-18(24)37/h12-14,22,27,29-32H,3-11,23,25-26H2,1-2H3,(H2,24,37)(H,28,38)(H,33,40)/t13-,14-/m0/s1. The molecule has 0 aliphatic carbocycles. The minimum Gasteiger partial charge on any atom is -0.369 e. The Morgan fingerprint density at radius 3 is 1.80 bits per heavy atom. The molecule has 0 aromatic rings. The molecule has 0 aromatic heterocycles. The molecule has 0 spiro atoms. The van der Waals surface area contributed by atoms with Crippen LogP contribution in [0.15, 0.2) is 0 Å². The van der Waals surface area contributed by atoms with Gasteiger partial charge in [0.05, 0.1) is 44.8 Å². The van der Waals surface area contributed by atoms with Crippen molar-refractivity contribution in [2.24, 2.45) is 28.9 Å². The summed E-state index contributed by atoms with van der Waals surface area (Å²) in [5.74, 6) is -5.35. The van der Waals surface area contributed by atoms with Crippen molar-refractivity contribution in [3.8, 4) is 0 Å². The van der Waals surface area contributed by atoms with Crippen LogP contribution in [0.5, 0.6) is 0 Å². The Bertz CT molecular complexity index is 883. The summed E-state index contributed by atoms with van der Waals surface area (Å²) < 4.78 is 0. The van der Waals surface area contributed by atoms with Gasteiger partial charge < -0.3 is 33.6 Å². The first kappa shape index (κ1) is 36.8. The molecule has 0 saturated carbocycles. The van der Waals surface area contributed by atoms with Crippen molar-refractivity contribution < 1.29 is 33.6 Å². The summed E-state index contributed by atoms with van der Waals surface area (Å²) in [5, 5.41) is 7.56. The normalized spacial score (nSPS) is 12.6. The van der Waals surface area contributed by atoms with Crippen LogP contribution in [0.2, 0.25) is 0 Å². The number of primary amides is 1. The van der Waals surface area contributed by atoms with E-state index in [1.807, 2.05) is 13.8 Å². The number of hydrogen-bond donors (Lipinski definition) is 11. The Balaban J connectivity index is 4.48. The molecule has 0 aliphatic heterocycles. The van der Waals surface area contributed by atoms with E-state index in [2.05, 4.69) is 37.7 Å². The van der Waals surface area contributed by atoms with Gasteiger partial charge in [-0.3, -0.25) is 38.9 Å². The fourth-order valence-electron chi connectivity index (χ4n) is 3.00. The Morgan fingerprint density at radius 1 is 0.725 bits per heavy atom. The first-order chi connectivity index (χ1) is 18.7. The highest BCUT2D eigenvalue weighted by atomic mass is 16.2.